The predicted octanol–water partition coefficient (Wildman–Crippen LogP) is 4.93. The van der Waals surface area contributed by atoms with Crippen molar-refractivity contribution in [1.29, 1.82) is 0 Å². The first-order chi connectivity index (χ1) is 15.8. The summed E-state index contributed by atoms with van der Waals surface area (Å²) in [6, 6.07) is 7.78. The molecule has 2 aromatic heterocycles. The molecule has 3 heterocycles. The van der Waals surface area contributed by atoms with Gasteiger partial charge in [-0.2, -0.15) is 0 Å². The lowest BCUT2D eigenvalue weighted by Crippen LogP contribution is -2.47. The van der Waals surface area contributed by atoms with Gasteiger partial charge < -0.3 is 10.2 Å². The van der Waals surface area contributed by atoms with Gasteiger partial charge in [-0.1, -0.05) is 38.1 Å². The van der Waals surface area contributed by atoms with Gasteiger partial charge in [-0.25, -0.2) is 9.97 Å². The molecule has 0 aliphatic carbocycles. The van der Waals surface area contributed by atoms with E-state index in [1.807, 2.05) is 50.7 Å². The second-order valence-electron chi connectivity index (χ2n) is 8.92. The zero-order valence-corrected chi connectivity index (χ0v) is 21.1. The van der Waals surface area contributed by atoms with Crippen molar-refractivity contribution in [2.75, 3.05) is 6.54 Å². The Morgan fingerprint density at radius 3 is 2.55 bits per heavy atom. The molecular weight excluding hydrogens is 452 g/mol. The van der Waals surface area contributed by atoms with Crippen LogP contribution in [0.1, 0.15) is 54.6 Å². The number of aromatic nitrogens is 2. The molecule has 33 heavy (non-hydrogen) atoms. The summed E-state index contributed by atoms with van der Waals surface area (Å²) in [5.74, 6) is -0.254. The molecule has 1 unspecified atom stereocenters. The molecule has 1 aliphatic heterocycles. The zero-order chi connectivity index (χ0) is 23.5. The Morgan fingerprint density at radius 1 is 1.18 bits per heavy atom. The van der Waals surface area contributed by atoms with Crippen LogP contribution in [0, 0.1) is 19.8 Å². The fourth-order valence-electron chi connectivity index (χ4n) is 4.33. The smallest absolute Gasteiger partial charge is 0.243 e. The van der Waals surface area contributed by atoms with Gasteiger partial charge in [0.05, 0.1) is 22.0 Å². The molecular formula is C25H30N4O2S2. The second kappa shape index (κ2) is 10.1. The maximum Gasteiger partial charge on any atom is 0.243 e. The number of carbonyl (C=O) groups excluding carboxylic acids is 2. The van der Waals surface area contributed by atoms with Gasteiger partial charge in [-0.15, -0.1) is 22.7 Å². The minimum atomic E-state index is -0.418. The van der Waals surface area contributed by atoms with E-state index < -0.39 is 6.04 Å². The summed E-state index contributed by atoms with van der Waals surface area (Å²) in [5, 5.41) is 5.87. The van der Waals surface area contributed by atoms with Crippen molar-refractivity contribution >= 4 is 34.5 Å². The average Bonchev–Trinajstić information content (AvgIpc) is 3.53. The lowest BCUT2D eigenvalue weighted by Gasteiger charge is -2.29. The van der Waals surface area contributed by atoms with E-state index >= 15 is 0 Å². The van der Waals surface area contributed by atoms with E-state index in [0.29, 0.717) is 19.5 Å². The van der Waals surface area contributed by atoms with Crippen LogP contribution < -0.4 is 5.32 Å². The summed E-state index contributed by atoms with van der Waals surface area (Å²) >= 11 is 3.16. The number of carbonyl (C=O) groups is 2. The molecule has 1 N–H and O–H groups in total. The molecule has 0 bridgehead atoms. The van der Waals surface area contributed by atoms with E-state index in [4.69, 9.17) is 0 Å². The molecule has 6 nitrogen and oxygen atoms in total. The van der Waals surface area contributed by atoms with E-state index in [0.717, 1.165) is 33.9 Å². The molecule has 0 spiro atoms. The molecule has 0 saturated carbocycles. The van der Waals surface area contributed by atoms with E-state index in [1.54, 1.807) is 16.2 Å². The van der Waals surface area contributed by atoms with Crippen molar-refractivity contribution in [2.45, 2.75) is 59.0 Å². The quantitative estimate of drug-likeness (QED) is 0.518. The molecule has 1 saturated heterocycles. The first kappa shape index (κ1) is 23.6. The van der Waals surface area contributed by atoms with Crippen molar-refractivity contribution in [3.05, 3.63) is 57.1 Å². The third-order valence-corrected chi connectivity index (χ3v) is 8.13. The van der Waals surface area contributed by atoms with Crippen molar-refractivity contribution in [3.8, 4) is 10.4 Å². The fraction of sp³-hybridized carbons (Fsp3) is 0.440. The number of amides is 2. The lowest BCUT2D eigenvalue weighted by molar-refractivity contribution is -0.140. The van der Waals surface area contributed by atoms with Crippen molar-refractivity contribution in [3.63, 3.8) is 0 Å². The third kappa shape index (κ3) is 5.17. The first-order valence-corrected chi connectivity index (χ1v) is 13.1. The van der Waals surface area contributed by atoms with Gasteiger partial charge >= 0.3 is 0 Å². The van der Waals surface area contributed by atoms with E-state index in [1.165, 1.54) is 16.2 Å². The van der Waals surface area contributed by atoms with Crippen molar-refractivity contribution in [2.24, 2.45) is 5.92 Å². The summed E-state index contributed by atoms with van der Waals surface area (Å²) in [7, 11) is 0. The first-order valence-electron chi connectivity index (χ1n) is 11.3. The largest absolute Gasteiger partial charge is 0.350 e. The molecule has 174 valence electrons. The highest BCUT2D eigenvalue weighted by Gasteiger charge is 2.39. The standard InChI is InChI=1S/C25H30N4O2S2/c1-15(2)21(24-28-16(3)13-32-24)25(31)29-11-5-6-20(29)23(30)26-12-18-7-9-19(10-8-18)22-17(4)27-14-33-22/h7-10,13-15,20-21H,5-6,11-12H2,1-4H3,(H,26,30)/t20-,21?/m0/s1. The molecule has 2 amide bonds. The number of hydrogen-bond acceptors (Lipinski definition) is 6. The summed E-state index contributed by atoms with van der Waals surface area (Å²) in [6.45, 7) is 9.10. The average molecular weight is 483 g/mol. The minimum absolute atomic E-state index is 0.0151. The van der Waals surface area contributed by atoms with Gasteiger partial charge in [0.2, 0.25) is 11.8 Å². The van der Waals surface area contributed by atoms with Crippen LogP contribution >= 0.6 is 22.7 Å². The topological polar surface area (TPSA) is 75.2 Å². The third-order valence-electron chi connectivity index (χ3n) is 6.10. The van der Waals surface area contributed by atoms with Gasteiger partial charge in [-0.3, -0.25) is 9.59 Å². The van der Waals surface area contributed by atoms with Crippen LogP contribution in [0.2, 0.25) is 0 Å². The highest BCUT2D eigenvalue weighted by Crippen LogP contribution is 2.32. The molecule has 1 aromatic carbocycles. The normalized spacial score (nSPS) is 16.9. The van der Waals surface area contributed by atoms with Gasteiger partial charge in [0.15, 0.2) is 0 Å². The monoisotopic (exact) mass is 482 g/mol. The molecule has 0 radical (unpaired) electrons. The number of rotatable bonds is 7. The fourth-order valence-corrected chi connectivity index (χ4v) is 6.20. The molecule has 2 atom stereocenters. The number of nitrogens with one attached hydrogen (secondary N) is 1. The van der Waals surface area contributed by atoms with Crippen LogP contribution in [0.5, 0.6) is 0 Å². The van der Waals surface area contributed by atoms with Crippen LogP contribution in [-0.4, -0.2) is 39.3 Å². The Labute approximate surface area is 203 Å². The Bertz CT molecular complexity index is 1120. The maximum atomic E-state index is 13.5. The number of thiazole rings is 2. The Hall–Kier alpha value is -2.58. The molecule has 8 heteroatoms. The molecule has 4 rings (SSSR count). The van der Waals surface area contributed by atoms with E-state index in [-0.39, 0.29) is 23.7 Å². The second-order valence-corrected chi connectivity index (χ2v) is 10.7. The Morgan fingerprint density at radius 2 is 1.94 bits per heavy atom. The Balaban J connectivity index is 1.40. The number of nitrogens with zero attached hydrogens (tertiary/aromatic N) is 3. The number of hydrogen-bond donors (Lipinski definition) is 1. The number of likely N-dealkylation sites (tertiary alicyclic amines) is 1. The number of aryl methyl sites for hydroxylation is 2. The van der Waals surface area contributed by atoms with Gasteiger partial charge in [-0.05, 0) is 43.7 Å². The van der Waals surface area contributed by atoms with Gasteiger partial charge in [0.1, 0.15) is 11.0 Å². The molecule has 3 aromatic rings. The lowest BCUT2D eigenvalue weighted by atomic mass is 9.94. The predicted molar refractivity (Wildman–Crippen MR) is 133 cm³/mol. The van der Waals surface area contributed by atoms with Crippen molar-refractivity contribution < 1.29 is 9.59 Å². The SMILES string of the molecule is Cc1csc(C(C(=O)N2CCC[C@H]2C(=O)NCc2ccc(-c3scnc3C)cc2)C(C)C)n1. The van der Waals surface area contributed by atoms with Crippen LogP contribution in [0.4, 0.5) is 0 Å². The van der Waals surface area contributed by atoms with Crippen LogP contribution in [0.3, 0.4) is 0 Å². The highest BCUT2D eigenvalue weighted by molar-refractivity contribution is 7.13. The van der Waals surface area contributed by atoms with Crippen LogP contribution in [-0.2, 0) is 16.1 Å². The summed E-state index contributed by atoms with van der Waals surface area (Å²) in [6.07, 6.45) is 1.54. The highest BCUT2D eigenvalue weighted by atomic mass is 32.1. The van der Waals surface area contributed by atoms with Crippen LogP contribution in [0.15, 0.2) is 35.2 Å². The summed E-state index contributed by atoms with van der Waals surface area (Å²) < 4.78 is 0. The maximum absolute atomic E-state index is 13.5. The van der Waals surface area contributed by atoms with E-state index in [9.17, 15) is 9.59 Å². The van der Waals surface area contributed by atoms with Gasteiger partial charge in [0.25, 0.3) is 0 Å². The molecule has 1 fully saturated rings. The molecule has 1 aliphatic rings. The number of benzene rings is 1. The Kier molecular flexibility index (Phi) is 7.24. The summed E-state index contributed by atoms with van der Waals surface area (Å²) in [4.78, 5) is 38.3. The van der Waals surface area contributed by atoms with Gasteiger partial charge in [0, 0.05) is 24.2 Å². The minimum Gasteiger partial charge on any atom is -0.350 e. The summed E-state index contributed by atoms with van der Waals surface area (Å²) in [5.41, 5.74) is 5.98. The van der Waals surface area contributed by atoms with Crippen molar-refractivity contribution in [1.82, 2.24) is 20.2 Å². The van der Waals surface area contributed by atoms with E-state index in [2.05, 4.69) is 27.4 Å². The van der Waals surface area contributed by atoms with Crippen LogP contribution in [0.25, 0.3) is 10.4 Å². The zero-order valence-electron chi connectivity index (χ0n) is 19.5.